The van der Waals surface area contributed by atoms with Gasteiger partial charge in [0.15, 0.2) is 0 Å². The third-order valence-electron chi connectivity index (χ3n) is 0.919. The molecular weight excluding hydrogens is 252 g/mol. The Kier molecular flexibility index (Phi) is 10.6. The van der Waals surface area contributed by atoms with E-state index in [4.69, 9.17) is 21.8 Å². The van der Waals surface area contributed by atoms with Crippen molar-refractivity contribution in [1.29, 1.82) is 0 Å². The molecule has 0 amide bonds. The second-order valence-electron chi connectivity index (χ2n) is 2.36. The highest BCUT2D eigenvalue weighted by Crippen LogP contribution is 2.03. The van der Waals surface area contributed by atoms with E-state index >= 15 is 0 Å². The van der Waals surface area contributed by atoms with Gasteiger partial charge in [0.1, 0.15) is 0 Å². The monoisotopic (exact) mass is 262 g/mol. The molecule has 0 heterocycles. The fourth-order valence-corrected chi connectivity index (χ4v) is 0.543. The first-order valence-electron chi connectivity index (χ1n) is 4.07. The molecule has 0 unspecified atom stereocenters. The van der Waals surface area contributed by atoms with Gasteiger partial charge in [-0.1, -0.05) is 24.8 Å². The largest absolute Gasteiger partial charge is 0.478 e. The standard InChI is InChI=1S/C6H7ClO2.C4H4O4/c1-3-9-6(8)4-5(2)7;5-3(6)1-2-4(7)8/h3H,1-2,4H2;1-2H,(H,5,6)(H,7,8)/b;2-1-. The Bertz CT molecular complexity index is 329. The molecular formula is C10H11ClO6. The van der Waals surface area contributed by atoms with E-state index in [-0.39, 0.29) is 11.5 Å². The molecule has 0 saturated carbocycles. The summed E-state index contributed by atoms with van der Waals surface area (Å²) in [6.07, 6.45) is 2.21. The molecule has 2 N–H and O–H groups in total. The minimum atomic E-state index is -1.26. The Balaban J connectivity index is 0. The normalized spacial score (nSPS) is 8.76. The van der Waals surface area contributed by atoms with E-state index in [9.17, 15) is 14.4 Å². The number of carboxylic acids is 2. The highest BCUT2D eigenvalue weighted by atomic mass is 35.5. The van der Waals surface area contributed by atoms with Crippen molar-refractivity contribution < 1.29 is 29.3 Å². The van der Waals surface area contributed by atoms with Crippen molar-refractivity contribution in [2.24, 2.45) is 0 Å². The van der Waals surface area contributed by atoms with Crippen LogP contribution in [0.15, 0.2) is 36.6 Å². The molecule has 0 rings (SSSR count). The van der Waals surface area contributed by atoms with Crippen LogP contribution in [0.2, 0.25) is 0 Å². The van der Waals surface area contributed by atoms with E-state index in [1.165, 1.54) is 0 Å². The molecule has 6 nitrogen and oxygen atoms in total. The lowest BCUT2D eigenvalue weighted by molar-refractivity contribution is -0.137. The first kappa shape index (κ1) is 17.3. The Labute approximate surface area is 102 Å². The summed E-state index contributed by atoms with van der Waals surface area (Å²) in [4.78, 5) is 29.5. The van der Waals surface area contributed by atoms with Crippen molar-refractivity contribution in [2.75, 3.05) is 0 Å². The van der Waals surface area contributed by atoms with Crippen LogP contribution in [0.5, 0.6) is 0 Å². The summed E-state index contributed by atoms with van der Waals surface area (Å²) in [5.74, 6) is -2.95. The molecule has 0 aliphatic rings. The first-order chi connectivity index (χ1) is 7.79. The van der Waals surface area contributed by atoms with Gasteiger partial charge in [-0.25, -0.2) is 9.59 Å². The van der Waals surface area contributed by atoms with Crippen molar-refractivity contribution >= 4 is 29.5 Å². The van der Waals surface area contributed by atoms with Gasteiger partial charge in [-0.15, -0.1) is 0 Å². The molecule has 0 aliphatic heterocycles. The molecule has 7 heteroatoms. The molecule has 0 bridgehead atoms. The number of halogens is 1. The molecule has 0 spiro atoms. The van der Waals surface area contributed by atoms with Gasteiger partial charge in [-0.2, -0.15) is 0 Å². The maximum atomic E-state index is 10.4. The van der Waals surface area contributed by atoms with Gasteiger partial charge >= 0.3 is 17.9 Å². The summed E-state index contributed by atoms with van der Waals surface area (Å²) in [7, 11) is 0. The van der Waals surface area contributed by atoms with Crippen LogP contribution in [-0.2, 0) is 19.1 Å². The van der Waals surface area contributed by atoms with Gasteiger partial charge in [0, 0.05) is 17.2 Å². The van der Waals surface area contributed by atoms with Crippen LogP contribution in [0.25, 0.3) is 0 Å². The number of carbonyl (C=O) groups is 3. The number of rotatable bonds is 5. The minimum Gasteiger partial charge on any atom is -0.478 e. The summed E-state index contributed by atoms with van der Waals surface area (Å²) in [6.45, 7) is 6.50. The van der Waals surface area contributed by atoms with Crippen molar-refractivity contribution in [3.8, 4) is 0 Å². The number of esters is 1. The zero-order chi connectivity index (χ0) is 13.8. The van der Waals surface area contributed by atoms with Gasteiger partial charge in [0.05, 0.1) is 12.7 Å². The summed E-state index contributed by atoms with van der Waals surface area (Å²) < 4.78 is 4.33. The zero-order valence-corrected chi connectivity index (χ0v) is 9.51. The number of hydrogen-bond acceptors (Lipinski definition) is 4. The number of aliphatic carboxylic acids is 2. The van der Waals surface area contributed by atoms with Crippen LogP contribution in [0.3, 0.4) is 0 Å². The van der Waals surface area contributed by atoms with Gasteiger partial charge in [0.25, 0.3) is 0 Å². The second-order valence-corrected chi connectivity index (χ2v) is 2.89. The fraction of sp³-hybridized carbons (Fsp3) is 0.100. The lowest BCUT2D eigenvalue weighted by atomic mass is 10.4. The van der Waals surface area contributed by atoms with E-state index in [1.54, 1.807) is 0 Å². The van der Waals surface area contributed by atoms with E-state index in [1.807, 2.05) is 0 Å². The third-order valence-corrected chi connectivity index (χ3v) is 1.05. The van der Waals surface area contributed by atoms with Crippen LogP contribution in [0, 0.1) is 0 Å². The van der Waals surface area contributed by atoms with Crippen LogP contribution < -0.4 is 0 Å². The van der Waals surface area contributed by atoms with E-state index in [2.05, 4.69) is 17.9 Å². The number of carbonyl (C=O) groups excluding carboxylic acids is 1. The van der Waals surface area contributed by atoms with E-state index in [0.717, 1.165) is 6.26 Å². The quantitative estimate of drug-likeness (QED) is 0.443. The molecule has 0 saturated heterocycles. The van der Waals surface area contributed by atoms with E-state index < -0.39 is 17.9 Å². The Morgan fingerprint density at radius 2 is 1.59 bits per heavy atom. The van der Waals surface area contributed by atoms with Gasteiger partial charge < -0.3 is 14.9 Å². The van der Waals surface area contributed by atoms with E-state index in [0.29, 0.717) is 12.2 Å². The molecule has 0 fully saturated rings. The smallest absolute Gasteiger partial charge is 0.328 e. The van der Waals surface area contributed by atoms with Crippen molar-refractivity contribution in [2.45, 2.75) is 6.42 Å². The minimum absolute atomic E-state index is 0.0353. The molecule has 0 radical (unpaired) electrons. The Morgan fingerprint density at radius 3 is 1.82 bits per heavy atom. The number of ether oxygens (including phenoxy) is 1. The average Bonchev–Trinajstić information content (AvgIpc) is 2.14. The highest BCUT2D eigenvalue weighted by molar-refractivity contribution is 6.30. The van der Waals surface area contributed by atoms with Gasteiger partial charge in [-0.05, 0) is 0 Å². The lowest BCUT2D eigenvalue weighted by Gasteiger charge is -1.93. The second kappa shape index (κ2) is 10.4. The predicted molar refractivity (Wildman–Crippen MR) is 60.3 cm³/mol. The van der Waals surface area contributed by atoms with Crippen LogP contribution in [0.4, 0.5) is 0 Å². The summed E-state index contributed by atoms with van der Waals surface area (Å²) in [5.41, 5.74) is 0. The molecule has 0 aliphatic carbocycles. The fourth-order valence-electron chi connectivity index (χ4n) is 0.434. The van der Waals surface area contributed by atoms with Crippen LogP contribution >= 0.6 is 11.6 Å². The molecule has 0 atom stereocenters. The average molecular weight is 263 g/mol. The number of carboxylic acid groups (broad SMARTS) is 2. The van der Waals surface area contributed by atoms with Crippen LogP contribution in [-0.4, -0.2) is 28.1 Å². The SMILES string of the molecule is C=COC(=O)CC(=C)Cl.O=C(O)/C=C\C(=O)O. The van der Waals surface area contributed by atoms with Crippen molar-refractivity contribution in [1.82, 2.24) is 0 Å². The molecule has 0 aromatic rings. The maximum absolute atomic E-state index is 10.4. The predicted octanol–water partition coefficient (Wildman–Crippen LogP) is 1.53. The maximum Gasteiger partial charge on any atom is 0.328 e. The van der Waals surface area contributed by atoms with Gasteiger partial charge in [-0.3, -0.25) is 4.79 Å². The van der Waals surface area contributed by atoms with Crippen molar-refractivity contribution in [3.63, 3.8) is 0 Å². The lowest BCUT2D eigenvalue weighted by Crippen LogP contribution is -1.97. The number of hydrogen-bond donors (Lipinski definition) is 2. The Morgan fingerprint density at radius 1 is 1.18 bits per heavy atom. The summed E-state index contributed by atoms with van der Waals surface area (Å²) >= 11 is 5.28. The first-order valence-corrected chi connectivity index (χ1v) is 4.45. The topological polar surface area (TPSA) is 101 Å². The van der Waals surface area contributed by atoms with Gasteiger partial charge in [0.2, 0.25) is 0 Å². The molecule has 94 valence electrons. The van der Waals surface area contributed by atoms with Crippen molar-refractivity contribution in [3.05, 3.63) is 36.6 Å². The third kappa shape index (κ3) is 20.1. The molecule has 17 heavy (non-hydrogen) atoms. The Hall–Kier alpha value is -2.08. The highest BCUT2D eigenvalue weighted by Gasteiger charge is 1.99. The zero-order valence-electron chi connectivity index (χ0n) is 8.76. The molecule has 0 aromatic carbocycles. The molecule has 0 aromatic heterocycles. The van der Waals surface area contributed by atoms with Crippen LogP contribution in [0.1, 0.15) is 6.42 Å². The summed E-state index contributed by atoms with van der Waals surface area (Å²) in [5, 5.41) is 15.9. The summed E-state index contributed by atoms with van der Waals surface area (Å²) in [6, 6.07) is 0.